The maximum Gasteiger partial charge on any atom is 0.183 e. The van der Waals surface area contributed by atoms with Gasteiger partial charge in [0, 0.05) is 11.1 Å². The second kappa shape index (κ2) is 3.46. The van der Waals surface area contributed by atoms with E-state index in [1.54, 1.807) is 12.1 Å². The number of ketones is 1. The minimum atomic E-state index is -0.806. The van der Waals surface area contributed by atoms with Gasteiger partial charge in [0.25, 0.3) is 0 Å². The minimum Gasteiger partial charge on any atom is -0.292 e. The minimum absolute atomic E-state index is 0.167. The highest BCUT2D eigenvalue weighted by Gasteiger charge is 2.48. The number of carbonyl (C=O) groups excluding carboxylic acids is 1. The van der Waals surface area contributed by atoms with Crippen LogP contribution in [0.4, 0.5) is 4.39 Å². The summed E-state index contributed by atoms with van der Waals surface area (Å²) in [6.45, 7) is 3.62. The van der Waals surface area contributed by atoms with Gasteiger partial charge in [-0.05, 0) is 18.9 Å². The lowest BCUT2D eigenvalue weighted by Crippen LogP contribution is -2.17. The fraction of sp³-hybridized carbons (Fsp3) is 0.250. The van der Waals surface area contributed by atoms with E-state index in [-0.39, 0.29) is 16.9 Å². The summed E-state index contributed by atoms with van der Waals surface area (Å²) in [5.74, 6) is -0.689. The second-order valence-corrected chi connectivity index (χ2v) is 4.48. The number of alkyl halides is 1. The van der Waals surface area contributed by atoms with E-state index in [4.69, 9.17) is 11.6 Å². The number of hydrogen-bond acceptors (Lipinski definition) is 1. The molecule has 1 aromatic rings. The first-order valence-corrected chi connectivity index (χ1v) is 5.10. The zero-order chi connectivity index (χ0) is 11.1. The lowest BCUT2D eigenvalue weighted by Gasteiger charge is -2.09. The number of benzene rings is 1. The zero-order valence-corrected chi connectivity index (χ0v) is 8.85. The molecule has 1 nitrogen and oxygen atoms in total. The molecule has 0 bridgehead atoms. The Labute approximate surface area is 92.6 Å². The quantitative estimate of drug-likeness (QED) is 0.569. The average Bonchev–Trinajstić information content (AvgIpc) is 2.96. The van der Waals surface area contributed by atoms with Gasteiger partial charge in [-0.25, -0.2) is 4.39 Å². The van der Waals surface area contributed by atoms with Gasteiger partial charge in [0.15, 0.2) is 5.78 Å². The molecule has 1 aliphatic carbocycles. The van der Waals surface area contributed by atoms with Gasteiger partial charge < -0.3 is 0 Å². The third-order valence-electron chi connectivity index (χ3n) is 2.57. The lowest BCUT2D eigenvalue weighted by molar-refractivity contribution is -0.114. The van der Waals surface area contributed by atoms with Crippen molar-refractivity contribution in [1.29, 1.82) is 0 Å². The molecule has 0 aliphatic heterocycles. The average molecular weight is 225 g/mol. The second-order valence-electron chi connectivity index (χ2n) is 3.75. The van der Waals surface area contributed by atoms with E-state index in [0.29, 0.717) is 12.8 Å². The topological polar surface area (TPSA) is 17.1 Å². The van der Waals surface area contributed by atoms with Crippen LogP contribution in [0.5, 0.6) is 0 Å². The van der Waals surface area contributed by atoms with Crippen molar-refractivity contribution < 1.29 is 9.18 Å². The molecule has 0 unspecified atom stereocenters. The Hall–Kier alpha value is -1.15. The molecule has 3 heteroatoms. The molecule has 1 aliphatic rings. The highest BCUT2D eigenvalue weighted by Crippen LogP contribution is 2.46. The summed E-state index contributed by atoms with van der Waals surface area (Å²) in [5.41, 5.74) is 0.412. The van der Waals surface area contributed by atoms with E-state index in [9.17, 15) is 9.18 Å². The molecule has 0 amide bonds. The molecule has 0 N–H and O–H groups in total. The SMILES string of the molecule is C=C(C(=O)C1(Cl)CC1)c1ccccc1F. The van der Waals surface area contributed by atoms with E-state index >= 15 is 0 Å². The van der Waals surface area contributed by atoms with Gasteiger partial charge in [-0.15, -0.1) is 11.6 Å². The Morgan fingerprint density at radius 2 is 2.00 bits per heavy atom. The summed E-state index contributed by atoms with van der Waals surface area (Å²) >= 11 is 5.96. The maximum absolute atomic E-state index is 13.4. The van der Waals surface area contributed by atoms with Crippen LogP contribution in [0.25, 0.3) is 5.57 Å². The maximum atomic E-state index is 13.4. The first-order valence-electron chi connectivity index (χ1n) is 4.72. The summed E-state index contributed by atoms with van der Waals surface area (Å²) < 4.78 is 13.4. The third kappa shape index (κ3) is 1.82. The number of Topliss-reactive ketones (excluding diaryl/α,β-unsaturated/α-hetero) is 1. The van der Waals surface area contributed by atoms with Crippen LogP contribution in [0.1, 0.15) is 18.4 Å². The molecule has 78 valence electrons. The number of hydrogen-bond donors (Lipinski definition) is 0. The summed E-state index contributed by atoms with van der Waals surface area (Å²) in [7, 11) is 0. The van der Waals surface area contributed by atoms with Crippen LogP contribution in [0.15, 0.2) is 30.8 Å². The van der Waals surface area contributed by atoms with Crippen molar-refractivity contribution in [3.63, 3.8) is 0 Å². The molecule has 1 fully saturated rings. The summed E-state index contributed by atoms with van der Waals surface area (Å²) in [6.07, 6.45) is 1.31. The van der Waals surface area contributed by atoms with Crippen LogP contribution in [-0.4, -0.2) is 10.7 Å². The standard InChI is InChI=1S/C12H10ClFO/c1-8(11(15)12(13)6-7-12)9-4-2-3-5-10(9)14/h2-5H,1,6-7H2. The Bertz CT molecular complexity index is 435. The smallest absolute Gasteiger partial charge is 0.183 e. The first kappa shape index (κ1) is 10.4. The van der Waals surface area contributed by atoms with Crippen LogP contribution < -0.4 is 0 Å². The number of halogens is 2. The fourth-order valence-electron chi connectivity index (χ4n) is 1.44. The van der Waals surface area contributed by atoms with Gasteiger partial charge in [0.2, 0.25) is 0 Å². The van der Waals surface area contributed by atoms with Gasteiger partial charge in [-0.2, -0.15) is 0 Å². The highest BCUT2D eigenvalue weighted by molar-refractivity contribution is 6.45. The van der Waals surface area contributed by atoms with Crippen molar-refractivity contribution >= 4 is 23.0 Å². The molecule has 0 saturated heterocycles. The van der Waals surface area contributed by atoms with E-state index in [1.807, 2.05) is 0 Å². The molecular formula is C12H10ClFO. The number of carbonyl (C=O) groups is 1. The Balaban J connectivity index is 2.29. The van der Waals surface area contributed by atoms with Crippen molar-refractivity contribution in [2.24, 2.45) is 0 Å². The Morgan fingerprint density at radius 1 is 1.40 bits per heavy atom. The molecule has 0 radical (unpaired) electrons. The summed E-state index contributed by atoms with van der Waals surface area (Å²) in [4.78, 5) is 11.0. The van der Waals surface area contributed by atoms with Crippen LogP contribution in [0.2, 0.25) is 0 Å². The van der Waals surface area contributed by atoms with Gasteiger partial charge in [-0.1, -0.05) is 24.8 Å². The van der Waals surface area contributed by atoms with Crippen LogP contribution in [-0.2, 0) is 4.79 Å². The van der Waals surface area contributed by atoms with Crippen LogP contribution in [0.3, 0.4) is 0 Å². The van der Waals surface area contributed by atoms with Gasteiger partial charge >= 0.3 is 0 Å². The molecule has 1 aromatic carbocycles. The molecule has 0 aromatic heterocycles. The lowest BCUT2D eigenvalue weighted by atomic mass is 10.00. The van der Waals surface area contributed by atoms with Crippen LogP contribution in [0, 0.1) is 5.82 Å². The third-order valence-corrected chi connectivity index (χ3v) is 3.12. The summed E-state index contributed by atoms with van der Waals surface area (Å²) in [6, 6.07) is 6.09. The molecule has 2 rings (SSSR count). The zero-order valence-electron chi connectivity index (χ0n) is 8.09. The van der Waals surface area contributed by atoms with Crippen molar-refractivity contribution in [3.8, 4) is 0 Å². The number of allylic oxidation sites excluding steroid dienone is 1. The van der Waals surface area contributed by atoms with Gasteiger partial charge in [0.05, 0.1) is 0 Å². The van der Waals surface area contributed by atoms with Gasteiger partial charge in [0.1, 0.15) is 10.7 Å². The largest absolute Gasteiger partial charge is 0.292 e. The predicted molar refractivity (Wildman–Crippen MR) is 58.3 cm³/mol. The van der Waals surface area contributed by atoms with Crippen molar-refractivity contribution in [1.82, 2.24) is 0 Å². The van der Waals surface area contributed by atoms with Gasteiger partial charge in [-0.3, -0.25) is 4.79 Å². The molecule has 15 heavy (non-hydrogen) atoms. The van der Waals surface area contributed by atoms with Crippen molar-refractivity contribution in [2.75, 3.05) is 0 Å². The normalized spacial score (nSPS) is 17.2. The van der Waals surface area contributed by atoms with Crippen LogP contribution >= 0.6 is 11.6 Å². The van der Waals surface area contributed by atoms with Crippen molar-refractivity contribution in [3.05, 3.63) is 42.2 Å². The van der Waals surface area contributed by atoms with E-state index in [1.165, 1.54) is 12.1 Å². The molecule has 1 saturated carbocycles. The van der Waals surface area contributed by atoms with Crippen molar-refractivity contribution in [2.45, 2.75) is 17.7 Å². The Kier molecular flexibility index (Phi) is 2.39. The number of rotatable bonds is 3. The Morgan fingerprint density at radius 3 is 2.53 bits per heavy atom. The first-order chi connectivity index (χ1) is 7.04. The molecule has 0 heterocycles. The van der Waals surface area contributed by atoms with E-state index in [0.717, 1.165) is 0 Å². The predicted octanol–water partition coefficient (Wildman–Crippen LogP) is 3.18. The fourth-order valence-corrected chi connectivity index (χ4v) is 1.64. The molecule has 0 spiro atoms. The molecular weight excluding hydrogens is 215 g/mol. The molecule has 0 atom stereocenters. The summed E-state index contributed by atoms with van der Waals surface area (Å²) in [5, 5.41) is 0. The van der Waals surface area contributed by atoms with E-state index in [2.05, 4.69) is 6.58 Å². The highest BCUT2D eigenvalue weighted by atomic mass is 35.5. The monoisotopic (exact) mass is 224 g/mol. The van der Waals surface area contributed by atoms with E-state index < -0.39 is 10.7 Å².